The first-order valence-corrected chi connectivity index (χ1v) is 10.0. The predicted molar refractivity (Wildman–Crippen MR) is 111 cm³/mol. The van der Waals surface area contributed by atoms with E-state index in [9.17, 15) is 14.9 Å². The second-order valence-electron chi connectivity index (χ2n) is 8.11. The summed E-state index contributed by atoms with van der Waals surface area (Å²) in [7, 11) is 0. The molecule has 0 radical (unpaired) electrons. The smallest absolute Gasteiger partial charge is 0.264 e. The summed E-state index contributed by atoms with van der Waals surface area (Å²) >= 11 is 0. The molecule has 1 fully saturated rings. The number of nitrogens with two attached hydrogens (primary N) is 1. The first-order chi connectivity index (χ1) is 13.8. The fraction of sp³-hybridized carbons (Fsp3) is 0.455. The van der Waals surface area contributed by atoms with E-state index in [0.717, 1.165) is 35.2 Å². The SMILES string of the molecule is CC(C)c1cc(=O)[nH]nc1-c1ccc(CC(C#N)NC(=O)C2(N)CCCC2)cc1. The number of amides is 1. The van der Waals surface area contributed by atoms with Gasteiger partial charge in [0.1, 0.15) is 6.04 Å². The molecule has 2 aromatic rings. The van der Waals surface area contributed by atoms with Crippen molar-refractivity contribution in [3.05, 3.63) is 51.8 Å². The zero-order valence-corrected chi connectivity index (χ0v) is 16.9. The first kappa shape index (κ1) is 20.7. The summed E-state index contributed by atoms with van der Waals surface area (Å²) < 4.78 is 0. The minimum absolute atomic E-state index is 0.164. The van der Waals surface area contributed by atoms with Crippen LogP contribution in [-0.2, 0) is 11.2 Å². The van der Waals surface area contributed by atoms with Crippen molar-refractivity contribution in [3.8, 4) is 17.3 Å². The van der Waals surface area contributed by atoms with Crippen molar-refractivity contribution >= 4 is 5.91 Å². The number of H-pyrrole nitrogens is 1. The lowest BCUT2D eigenvalue weighted by molar-refractivity contribution is -0.126. The molecule has 1 unspecified atom stereocenters. The molecule has 1 atom stereocenters. The number of nitrogens with one attached hydrogen (secondary N) is 2. The molecule has 29 heavy (non-hydrogen) atoms. The monoisotopic (exact) mass is 393 g/mol. The largest absolute Gasteiger partial charge is 0.338 e. The van der Waals surface area contributed by atoms with E-state index in [1.807, 2.05) is 38.1 Å². The van der Waals surface area contributed by atoms with E-state index in [1.54, 1.807) is 6.07 Å². The van der Waals surface area contributed by atoms with Gasteiger partial charge >= 0.3 is 0 Å². The van der Waals surface area contributed by atoms with E-state index >= 15 is 0 Å². The van der Waals surface area contributed by atoms with Crippen molar-refractivity contribution in [2.45, 2.75) is 63.5 Å². The summed E-state index contributed by atoms with van der Waals surface area (Å²) in [5.41, 5.74) is 8.55. The van der Waals surface area contributed by atoms with Crippen molar-refractivity contribution in [1.29, 1.82) is 5.26 Å². The lowest BCUT2D eigenvalue weighted by atomic mass is 9.95. The number of aromatic nitrogens is 2. The predicted octanol–water partition coefficient (Wildman–Crippen LogP) is 2.38. The van der Waals surface area contributed by atoms with Crippen LogP contribution in [0.5, 0.6) is 0 Å². The lowest BCUT2D eigenvalue weighted by Gasteiger charge is -2.24. The number of rotatable bonds is 6. The first-order valence-electron chi connectivity index (χ1n) is 10.0. The summed E-state index contributed by atoms with van der Waals surface area (Å²) in [5, 5.41) is 19.0. The molecular weight excluding hydrogens is 366 g/mol. The highest BCUT2D eigenvalue weighted by molar-refractivity contribution is 5.86. The maximum atomic E-state index is 12.5. The highest BCUT2D eigenvalue weighted by atomic mass is 16.2. The van der Waals surface area contributed by atoms with Gasteiger partial charge in [-0.1, -0.05) is 51.0 Å². The van der Waals surface area contributed by atoms with Crippen molar-refractivity contribution in [2.24, 2.45) is 5.73 Å². The molecule has 1 saturated carbocycles. The van der Waals surface area contributed by atoms with Crippen LogP contribution in [0.3, 0.4) is 0 Å². The summed E-state index contributed by atoms with van der Waals surface area (Å²) in [6.07, 6.45) is 3.61. The quantitative estimate of drug-likeness (QED) is 0.695. The number of carbonyl (C=O) groups is 1. The van der Waals surface area contributed by atoms with E-state index in [2.05, 4.69) is 21.6 Å². The van der Waals surface area contributed by atoms with Gasteiger partial charge in [-0.2, -0.15) is 10.4 Å². The van der Waals surface area contributed by atoms with E-state index < -0.39 is 11.6 Å². The van der Waals surface area contributed by atoms with Gasteiger partial charge in [-0.15, -0.1) is 0 Å². The van der Waals surface area contributed by atoms with Gasteiger partial charge < -0.3 is 11.1 Å². The Morgan fingerprint density at radius 1 is 1.31 bits per heavy atom. The molecule has 1 aliphatic rings. The van der Waals surface area contributed by atoms with Gasteiger partial charge in [-0.3, -0.25) is 9.59 Å². The van der Waals surface area contributed by atoms with E-state index in [0.29, 0.717) is 19.3 Å². The standard InChI is InChI=1S/C22H27N5O2/c1-14(2)18-12-19(28)26-27-20(18)16-7-5-15(6-8-16)11-17(13-23)25-21(29)22(24)9-3-4-10-22/h5-8,12,14,17H,3-4,9-11,24H2,1-2H3,(H,25,29)(H,26,28). The van der Waals surface area contributed by atoms with Crippen molar-refractivity contribution in [2.75, 3.05) is 0 Å². The molecule has 1 heterocycles. The zero-order chi connectivity index (χ0) is 21.0. The molecule has 152 valence electrons. The van der Waals surface area contributed by atoms with Crippen LogP contribution >= 0.6 is 0 Å². The van der Waals surface area contributed by atoms with E-state index in [4.69, 9.17) is 5.73 Å². The van der Waals surface area contributed by atoms with E-state index in [-0.39, 0.29) is 17.4 Å². The molecular formula is C22H27N5O2. The number of benzene rings is 1. The lowest BCUT2D eigenvalue weighted by Crippen LogP contribution is -2.54. The summed E-state index contributed by atoms with van der Waals surface area (Å²) in [6, 6.07) is 10.8. The molecule has 0 spiro atoms. The molecule has 0 aliphatic heterocycles. The number of aromatic amines is 1. The number of hydrogen-bond acceptors (Lipinski definition) is 5. The van der Waals surface area contributed by atoms with Gasteiger partial charge in [0.2, 0.25) is 5.91 Å². The average molecular weight is 393 g/mol. The molecule has 1 aromatic carbocycles. The van der Waals surface area contributed by atoms with Crippen LogP contribution in [0.1, 0.15) is 56.6 Å². The zero-order valence-electron chi connectivity index (χ0n) is 16.9. The van der Waals surface area contributed by atoms with Gasteiger partial charge in [-0.05, 0) is 29.9 Å². The topological polar surface area (TPSA) is 125 Å². The second-order valence-corrected chi connectivity index (χ2v) is 8.11. The molecule has 3 rings (SSSR count). The van der Waals surface area contributed by atoms with Crippen LogP contribution in [0.2, 0.25) is 0 Å². The Hall–Kier alpha value is -2.98. The molecule has 0 bridgehead atoms. The third-order valence-electron chi connectivity index (χ3n) is 5.54. The molecule has 1 aliphatic carbocycles. The third kappa shape index (κ3) is 4.72. The molecule has 7 nitrogen and oxygen atoms in total. The highest BCUT2D eigenvalue weighted by Crippen LogP contribution is 2.28. The number of nitrogens with zero attached hydrogens (tertiary/aromatic N) is 2. The fourth-order valence-electron chi connectivity index (χ4n) is 3.79. The van der Waals surface area contributed by atoms with Crippen molar-refractivity contribution in [3.63, 3.8) is 0 Å². The Kier molecular flexibility index (Phi) is 6.14. The molecule has 1 amide bonds. The molecule has 1 aromatic heterocycles. The van der Waals surface area contributed by atoms with Gasteiger partial charge in [-0.25, -0.2) is 5.10 Å². The van der Waals surface area contributed by atoms with E-state index in [1.165, 1.54) is 0 Å². The van der Waals surface area contributed by atoms with Crippen molar-refractivity contribution < 1.29 is 4.79 Å². The van der Waals surface area contributed by atoms with Crippen LogP contribution in [0.4, 0.5) is 0 Å². The Labute approximate surface area is 170 Å². The summed E-state index contributed by atoms with van der Waals surface area (Å²) in [5.74, 6) is -0.0750. The Morgan fingerprint density at radius 2 is 1.97 bits per heavy atom. The van der Waals surface area contributed by atoms with Crippen LogP contribution in [-0.4, -0.2) is 27.7 Å². The maximum Gasteiger partial charge on any atom is 0.264 e. The molecule has 0 saturated heterocycles. The molecule has 4 N–H and O–H groups in total. The van der Waals surface area contributed by atoms with Crippen molar-refractivity contribution in [1.82, 2.24) is 15.5 Å². The normalized spacial score (nSPS) is 16.4. The minimum Gasteiger partial charge on any atom is -0.338 e. The highest BCUT2D eigenvalue weighted by Gasteiger charge is 2.37. The Morgan fingerprint density at radius 3 is 2.55 bits per heavy atom. The summed E-state index contributed by atoms with van der Waals surface area (Å²) in [4.78, 5) is 24.1. The van der Waals surface area contributed by atoms with Crippen LogP contribution in [0.15, 0.2) is 35.1 Å². The van der Waals surface area contributed by atoms with Gasteiger partial charge in [0, 0.05) is 18.1 Å². The van der Waals surface area contributed by atoms with Gasteiger partial charge in [0.05, 0.1) is 17.3 Å². The second kappa shape index (κ2) is 8.58. The van der Waals surface area contributed by atoms with Gasteiger partial charge in [0.15, 0.2) is 0 Å². The fourth-order valence-corrected chi connectivity index (χ4v) is 3.79. The van der Waals surface area contributed by atoms with Crippen LogP contribution in [0.25, 0.3) is 11.3 Å². The Balaban J connectivity index is 1.72. The summed E-state index contributed by atoms with van der Waals surface area (Å²) in [6.45, 7) is 4.03. The van der Waals surface area contributed by atoms with Crippen LogP contribution < -0.4 is 16.6 Å². The van der Waals surface area contributed by atoms with Crippen LogP contribution in [0, 0.1) is 11.3 Å². The Bertz CT molecular complexity index is 966. The minimum atomic E-state index is -0.845. The number of hydrogen-bond donors (Lipinski definition) is 3. The average Bonchev–Trinajstić information content (AvgIpc) is 3.16. The van der Waals surface area contributed by atoms with Gasteiger partial charge in [0.25, 0.3) is 5.56 Å². The number of carbonyl (C=O) groups excluding carboxylic acids is 1. The molecule has 7 heteroatoms. The number of nitriles is 1. The third-order valence-corrected chi connectivity index (χ3v) is 5.54. The maximum absolute atomic E-state index is 12.5.